The summed E-state index contributed by atoms with van der Waals surface area (Å²) >= 11 is 0. The first kappa shape index (κ1) is 13.7. The van der Waals surface area contributed by atoms with Crippen LogP contribution in [0.5, 0.6) is 0 Å². The van der Waals surface area contributed by atoms with Crippen molar-refractivity contribution in [2.75, 3.05) is 19.6 Å². The van der Waals surface area contributed by atoms with Gasteiger partial charge in [0.05, 0.1) is 0 Å². The van der Waals surface area contributed by atoms with Crippen LogP contribution in [0.4, 0.5) is 0 Å². The molecule has 0 aromatic carbocycles. The normalized spacial score (nSPS) is 13.2. The summed E-state index contributed by atoms with van der Waals surface area (Å²) in [5.41, 5.74) is 6.70. The first-order chi connectivity index (χ1) is 6.65. The maximum Gasteiger partial charge on any atom is 0.0205 e. The van der Waals surface area contributed by atoms with E-state index in [0.29, 0.717) is 12.6 Å². The lowest BCUT2D eigenvalue weighted by molar-refractivity contribution is 0.217. The highest BCUT2D eigenvalue weighted by Crippen LogP contribution is 2.07. The molecule has 0 spiro atoms. The van der Waals surface area contributed by atoms with Crippen LogP contribution in [-0.2, 0) is 0 Å². The molecular weight excluding hydrogens is 172 g/mol. The van der Waals surface area contributed by atoms with Gasteiger partial charge in [-0.3, -0.25) is 4.90 Å². The van der Waals surface area contributed by atoms with Crippen molar-refractivity contribution in [2.45, 2.75) is 46.1 Å². The van der Waals surface area contributed by atoms with Gasteiger partial charge in [0, 0.05) is 19.1 Å². The lowest BCUT2D eigenvalue weighted by Gasteiger charge is -2.28. The number of hydrogen-bond donors (Lipinski definition) is 1. The van der Waals surface area contributed by atoms with Crippen LogP contribution in [0.15, 0.2) is 12.2 Å². The Morgan fingerprint density at radius 1 is 1.43 bits per heavy atom. The molecule has 14 heavy (non-hydrogen) atoms. The minimum Gasteiger partial charge on any atom is -0.327 e. The fourth-order valence-electron chi connectivity index (χ4n) is 1.43. The zero-order valence-corrected chi connectivity index (χ0v) is 10.1. The van der Waals surface area contributed by atoms with E-state index in [2.05, 4.69) is 32.3 Å². The SMILES string of the molecule is C=C(CN)CN(CCCC)C(C)CC. The van der Waals surface area contributed by atoms with Crippen molar-refractivity contribution in [3.63, 3.8) is 0 Å². The topological polar surface area (TPSA) is 29.3 Å². The second kappa shape index (κ2) is 8.01. The molecule has 0 saturated heterocycles. The minimum atomic E-state index is 0.610. The van der Waals surface area contributed by atoms with Gasteiger partial charge in [-0.1, -0.05) is 26.8 Å². The zero-order chi connectivity index (χ0) is 11.0. The third kappa shape index (κ3) is 5.40. The summed E-state index contributed by atoms with van der Waals surface area (Å²) in [7, 11) is 0. The summed E-state index contributed by atoms with van der Waals surface area (Å²) in [6.07, 6.45) is 3.71. The number of hydrogen-bond acceptors (Lipinski definition) is 2. The zero-order valence-electron chi connectivity index (χ0n) is 10.1. The highest BCUT2D eigenvalue weighted by Gasteiger charge is 2.11. The third-order valence-corrected chi connectivity index (χ3v) is 2.73. The molecule has 2 heteroatoms. The van der Waals surface area contributed by atoms with Crippen molar-refractivity contribution in [3.05, 3.63) is 12.2 Å². The van der Waals surface area contributed by atoms with Crippen LogP contribution < -0.4 is 5.73 Å². The number of unbranched alkanes of at least 4 members (excludes halogenated alkanes) is 1. The Labute approximate surface area is 89.2 Å². The second-order valence-corrected chi connectivity index (χ2v) is 4.04. The van der Waals surface area contributed by atoms with E-state index in [4.69, 9.17) is 5.73 Å². The Kier molecular flexibility index (Phi) is 7.81. The van der Waals surface area contributed by atoms with Crippen molar-refractivity contribution >= 4 is 0 Å². The molecule has 0 amide bonds. The van der Waals surface area contributed by atoms with E-state index in [1.807, 2.05) is 0 Å². The van der Waals surface area contributed by atoms with Gasteiger partial charge in [-0.05, 0) is 31.9 Å². The molecule has 0 aromatic rings. The summed E-state index contributed by atoms with van der Waals surface area (Å²) in [5.74, 6) is 0. The van der Waals surface area contributed by atoms with Gasteiger partial charge in [0.25, 0.3) is 0 Å². The average Bonchev–Trinajstić information content (AvgIpc) is 2.22. The molecule has 0 radical (unpaired) electrons. The Morgan fingerprint density at radius 3 is 2.50 bits per heavy atom. The van der Waals surface area contributed by atoms with Gasteiger partial charge in [0.2, 0.25) is 0 Å². The monoisotopic (exact) mass is 198 g/mol. The molecule has 2 N–H and O–H groups in total. The Balaban J connectivity index is 4.02. The van der Waals surface area contributed by atoms with Crippen LogP contribution >= 0.6 is 0 Å². The molecule has 0 aromatic heterocycles. The van der Waals surface area contributed by atoms with Crippen molar-refractivity contribution in [1.29, 1.82) is 0 Å². The summed E-state index contributed by atoms with van der Waals surface area (Å²) < 4.78 is 0. The maximum absolute atomic E-state index is 5.56. The summed E-state index contributed by atoms with van der Waals surface area (Å²) in [6, 6.07) is 0.643. The van der Waals surface area contributed by atoms with Gasteiger partial charge in [-0.2, -0.15) is 0 Å². The van der Waals surface area contributed by atoms with Crippen LogP contribution in [0.25, 0.3) is 0 Å². The first-order valence-corrected chi connectivity index (χ1v) is 5.76. The largest absolute Gasteiger partial charge is 0.327 e. The molecule has 0 aliphatic heterocycles. The van der Waals surface area contributed by atoms with Crippen molar-refractivity contribution in [2.24, 2.45) is 5.73 Å². The fourth-order valence-corrected chi connectivity index (χ4v) is 1.43. The summed E-state index contributed by atoms with van der Waals surface area (Å²) in [4.78, 5) is 2.48. The standard InChI is InChI=1S/C12H26N2/c1-5-7-8-14(12(4)6-2)10-11(3)9-13/h12H,3,5-10,13H2,1-2,4H3. The predicted octanol–water partition coefficient (Wildman–Crippen LogP) is 2.40. The van der Waals surface area contributed by atoms with E-state index in [-0.39, 0.29) is 0 Å². The smallest absolute Gasteiger partial charge is 0.0205 e. The highest BCUT2D eigenvalue weighted by molar-refractivity contribution is 4.99. The molecule has 0 bridgehead atoms. The molecule has 0 rings (SSSR count). The van der Waals surface area contributed by atoms with E-state index in [1.54, 1.807) is 0 Å². The maximum atomic E-state index is 5.56. The van der Waals surface area contributed by atoms with Crippen LogP contribution in [0.1, 0.15) is 40.0 Å². The van der Waals surface area contributed by atoms with Gasteiger partial charge < -0.3 is 5.73 Å². The van der Waals surface area contributed by atoms with E-state index >= 15 is 0 Å². The Morgan fingerprint density at radius 2 is 2.07 bits per heavy atom. The minimum absolute atomic E-state index is 0.610. The van der Waals surface area contributed by atoms with E-state index in [1.165, 1.54) is 25.8 Å². The number of nitrogens with zero attached hydrogens (tertiary/aromatic N) is 1. The lowest BCUT2D eigenvalue weighted by atomic mass is 10.1. The molecule has 0 saturated carbocycles. The number of rotatable bonds is 8. The predicted molar refractivity (Wildman–Crippen MR) is 64.4 cm³/mol. The fraction of sp³-hybridized carbons (Fsp3) is 0.833. The van der Waals surface area contributed by atoms with Crippen LogP contribution in [0, 0.1) is 0 Å². The van der Waals surface area contributed by atoms with Crippen molar-refractivity contribution < 1.29 is 0 Å². The van der Waals surface area contributed by atoms with Crippen LogP contribution in [0.2, 0.25) is 0 Å². The molecule has 84 valence electrons. The second-order valence-electron chi connectivity index (χ2n) is 4.04. The van der Waals surface area contributed by atoms with E-state index < -0.39 is 0 Å². The van der Waals surface area contributed by atoms with Gasteiger partial charge in [-0.25, -0.2) is 0 Å². The summed E-state index contributed by atoms with van der Waals surface area (Å²) in [5, 5.41) is 0. The first-order valence-electron chi connectivity index (χ1n) is 5.76. The van der Waals surface area contributed by atoms with Crippen molar-refractivity contribution in [3.8, 4) is 0 Å². The quantitative estimate of drug-likeness (QED) is 0.607. The van der Waals surface area contributed by atoms with Crippen LogP contribution in [-0.4, -0.2) is 30.6 Å². The molecule has 0 aliphatic rings. The average molecular weight is 198 g/mol. The molecule has 1 atom stereocenters. The van der Waals surface area contributed by atoms with Gasteiger partial charge >= 0.3 is 0 Å². The molecular formula is C12H26N2. The third-order valence-electron chi connectivity index (χ3n) is 2.73. The van der Waals surface area contributed by atoms with Crippen LogP contribution in [0.3, 0.4) is 0 Å². The van der Waals surface area contributed by atoms with Gasteiger partial charge in [0.15, 0.2) is 0 Å². The molecule has 1 unspecified atom stereocenters. The van der Waals surface area contributed by atoms with E-state index in [9.17, 15) is 0 Å². The lowest BCUT2D eigenvalue weighted by Crippen LogP contribution is -2.36. The molecule has 0 heterocycles. The van der Waals surface area contributed by atoms with Crippen molar-refractivity contribution in [1.82, 2.24) is 4.90 Å². The Hall–Kier alpha value is -0.340. The molecule has 2 nitrogen and oxygen atoms in total. The van der Waals surface area contributed by atoms with E-state index in [0.717, 1.165) is 12.1 Å². The Bertz CT molecular complexity index is 154. The number of nitrogens with two attached hydrogens (primary N) is 1. The van der Waals surface area contributed by atoms with Gasteiger partial charge in [-0.15, -0.1) is 0 Å². The highest BCUT2D eigenvalue weighted by atomic mass is 15.1. The van der Waals surface area contributed by atoms with Gasteiger partial charge in [0.1, 0.15) is 0 Å². The molecule has 0 aliphatic carbocycles. The molecule has 0 fully saturated rings. The summed E-state index contributed by atoms with van der Waals surface area (Å²) in [6.45, 7) is 13.5.